The molecule has 2 aromatic rings. The summed E-state index contributed by atoms with van der Waals surface area (Å²) in [7, 11) is 11.3. The van der Waals surface area contributed by atoms with Gasteiger partial charge in [0.05, 0.1) is 101 Å². The van der Waals surface area contributed by atoms with Gasteiger partial charge >= 0.3 is 0 Å². The summed E-state index contributed by atoms with van der Waals surface area (Å²) >= 11 is 0. The average Bonchev–Trinajstić information content (AvgIpc) is 1.61. The molecule has 4 heterocycles. The maximum absolute atomic E-state index is 17.9. The van der Waals surface area contributed by atoms with Gasteiger partial charge in [-0.3, -0.25) is 24.0 Å². The van der Waals surface area contributed by atoms with Gasteiger partial charge in [-0.15, -0.1) is 0 Å². The normalized spacial score (nSPS) is 38.6. The molecule has 6 aliphatic carbocycles. The lowest BCUT2D eigenvalue weighted by atomic mass is 9.55. The monoisotopic (exact) mass is 1350 g/mol. The number of benzene rings is 2. The summed E-state index contributed by atoms with van der Waals surface area (Å²) in [5.74, 6) is -13.5. The summed E-state index contributed by atoms with van der Waals surface area (Å²) in [6, 6.07) is -3.20. The van der Waals surface area contributed by atoms with Crippen molar-refractivity contribution in [3.8, 4) is 23.0 Å². The largest absolute Gasteiger partial charge is 0.711 e. The fraction of sp³-hybridized carbons (Fsp3) is 0.609. The Labute approximate surface area is 559 Å². The number of nitrogens with zero attached hydrogens (tertiary/aromatic N) is 4. The molecule has 97 heavy (non-hydrogen) atoms. The Morgan fingerprint density at radius 3 is 1.47 bits per heavy atom. The standard InChI is InChI=1S/C69H85N4O24/c1-14-68(96-41-23-37(87-11)58(80)27(5)92-41)53(63(85)44-30(66(68)94-39-21-35(78)56(72(7)8)25(3)90-39)20-29-43(44)60(82)46-32(75)17-16-31(74)45(46)59(29)81)54-64(86)50-49-51(62(84)48-34(77)19-18-33(76)47(48)61(49)83)55(71-70)52(50)67(95-40-22-36(79)57(73(9)10)26(4)91-40)69(54,15-2)97-42-24-38(88-12)65(89-13)28(6)93-42/h16-20,25-28,35-42,53-58,65-67,78-85H,14-15,21-24H2,1-13H3/q-1/t25-,26-,27-,28-,35-,36-,37-,38-,39+,40+,41-,42-,53-,54-,55?,56-,57-,58-,65-,66+,67+,68-,69-/m0/s1. The molecule has 23 atom stereocenters. The van der Waals surface area contributed by atoms with Crippen LogP contribution in [0.25, 0.3) is 22.8 Å². The van der Waals surface area contributed by atoms with E-state index in [1.54, 1.807) is 79.5 Å². The first-order valence-electron chi connectivity index (χ1n) is 32.8. The van der Waals surface area contributed by atoms with E-state index in [4.69, 9.17) is 52.1 Å². The van der Waals surface area contributed by atoms with Crippen LogP contribution in [-0.4, -0.2) is 251 Å². The van der Waals surface area contributed by atoms with Crippen LogP contribution in [-0.2, 0) is 56.9 Å². The van der Waals surface area contributed by atoms with Crippen molar-refractivity contribution in [2.75, 3.05) is 49.5 Å². The van der Waals surface area contributed by atoms with Gasteiger partial charge in [-0.05, 0) is 105 Å². The summed E-state index contributed by atoms with van der Waals surface area (Å²) in [6.45, 7) is 9.93. The van der Waals surface area contributed by atoms with Crippen LogP contribution in [0.2, 0.25) is 0 Å². The van der Waals surface area contributed by atoms with Gasteiger partial charge in [-0.1, -0.05) is 13.8 Å². The molecule has 0 aromatic heterocycles. The van der Waals surface area contributed by atoms with Crippen LogP contribution in [0.15, 0.2) is 46.3 Å². The molecule has 0 spiro atoms. The summed E-state index contributed by atoms with van der Waals surface area (Å²) in [5.41, 5.74) is 0.994. The molecular formula is C69H85N4O24-. The number of phenols is 4. The second-order valence-electron chi connectivity index (χ2n) is 27.3. The molecular weight excluding hydrogens is 1270 g/mol. The van der Waals surface area contributed by atoms with E-state index in [1.807, 2.05) is 0 Å². The van der Waals surface area contributed by atoms with E-state index >= 15 is 4.79 Å². The highest BCUT2D eigenvalue weighted by Crippen LogP contribution is 2.67. The molecule has 2 aromatic carbocycles. The second-order valence-corrected chi connectivity index (χ2v) is 27.3. The number of likely N-dealkylation sites (N-methyl/N-ethyl adjacent to an activating group) is 2. The van der Waals surface area contributed by atoms with Crippen LogP contribution < -0.4 is 0 Å². The zero-order valence-electron chi connectivity index (χ0n) is 56.2. The topological polar surface area (TPSA) is 390 Å². The van der Waals surface area contributed by atoms with E-state index in [-0.39, 0.29) is 54.4 Å². The number of ketones is 5. The maximum Gasteiger partial charge on any atom is 0.190 e. The SMILES string of the molecule is CC[C@@]1(O[C@H]2C[C@H](OC)[C@@H](OC)[C@H](C)O2)[C@H](O[C@@H]2C[C@H](O)[C@@H](N(C)C)[C@H](C)O2)C2=C(C(=O)[C@@H]1[C@H]1C(O)=C3C(=Cc4c(O)c5c(c(O)c43)C(=O)C=CC5=O)[C@@H](O[C@@H]3C[C@H](O)[C@@H](N(C)C)[C@H](C)O3)[C@@]1(CC)O[C@H]1C[C@H](OC)[C@@H](O)[C@H](C)O1)c1c(O)c3c(c(O)c1C2N=[N-])C(=O)C=CC3=O. The lowest BCUT2D eigenvalue weighted by Gasteiger charge is -2.59. The summed E-state index contributed by atoms with van der Waals surface area (Å²) in [4.78, 5) is 77.6. The molecule has 4 aliphatic heterocycles. The molecule has 8 N–H and O–H groups in total. The number of fused-ring (bicyclic) bond motifs is 7. The molecule has 4 saturated heterocycles. The van der Waals surface area contributed by atoms with Crippen molar-refractivity contribution >= 4 is 46.1 Å². The van der Waals surface area contributed by atoms with E-state index in [1.165, 1.54) is 27.4 Å². The molecule has 12 rings (SSSR count). The minimum Gasteiger partial charge on any atom is -0.711 e. The number of hydrogen-bond acceptors (Lipinski definition) is 27. The third-order valence-electron chi connectivity index (χ3n) is 21.8. The molecule has 10 aliphatic rings. The predicted octanol–water partition coefficient (Wildman–Crippen LogP) is 5.03. The summed E-state index contributed by atoms with van der Waals surface area (Å²) in [5, 5.41) is 105. The van der Waals surface area contributed by atoms with E-state index in [0.29, 0.717) is 0 Å². The summed E-state index contributed by atoms with van der Waals surface area (Å²) in [6.07, 6.45) is -16.0. The number of aromatic hydroxyl groups is 4. The van der Waals surface area contributed by atoms with Gasteiger partial charge in [-0.25, -0.2) is 0 Å². The third kappa shape index (κ3) is 10.8. The van der Waals surface area contributed by atoms with Gasteiger partial charge < -0.3 is 113 Å². The number of ether oxygens (including phenoxy) is 11. The smallest absolute Gasteiger partial charge is 0.190 e. The van der Waals surface area contributed by atoms with Gasteiger partial charge in [0, 0.05) is 86.0 Å². The average molecular weight is 1350 g/mol. The molecule has 0 saturated carbocycles. The zero-order chi connectivity index (χ0) is 70.2. The van der Waals surface area contributed by atoms with Gasteiger partial charge in [0.1, 0.15) is 64.4 Å². The van der Waals surface area contributed by atoms with E-state index in [0.717, 1.165) is 24.3 Å². The van der Waals surface area contributed by atoms with Crippen LogP contribution in [0, 0.1) is 11.8 Å². The molecule has 28 nitrogen and oxygen atoms in total. The van der Waals surface area contributed by atoms with Crippen molar-refractivity contribution in [3.05, 3.63) is 91.2 Å². The Bertz CT molecular complexity index is 3740. The van der Waals surface area contributed by atoms with Gasteiger partial charge in [0.25, 0.3) is 0 Å². The minimum absolute atomic E-state index is 0.0964. The summed E-state index contributed by atoms with van der Waals surface area (Å²) < 4.78 is 74.6. The van der Waals surface area contributed by atoms with Crippen molar-refractivity contribution in [3.63, 3.8) is 0 Å². The quantitative estimate of drug-likeness (QED) is 0.0760. The lowest BCUT2D eigenvalue weighted by Crippen LogP contribution is -2.70. The van der Waals surface area contributed by atoms with Gasteiger partial charge in [-0.2, -0.15) is 0 Å². The predicted molar refractivity (Wildman–Crippen MR) is 339 cm³/mol. The molecule has 0 radical (unpaired) electrons. The van der Waals surface area contributed by atoms with Gasteiger partial charge in [0.2, 0.25) is 0 Å². The van der Waals surface area contributed by atoms with E-state index in [9.17, 15) is 65.6 Å². The Kier molecular flexibility index (Phi) is 19.0. The first kappa shape index (κ1) is 70.3. The van der Waals surface area contributed by atoms with E-state index < -0.39 is 248 Å². The van der Waals surface area contributed by atoms with Crippen LogP contribution >= 0.6 is 0 Å². The number of aliphatic hydroxyl groups excluding tert-OH is 4. The number of allylic oxidation sites excluding steroid dienone is 5. The highest BCUT2D eigenvalue weighted by Gasteiger charge is 2.71. The first-order chi connectivity index (χ1) is 46.0. The van der Waals surface area contributed by atoms with Crippen molar-refractivity contribution in [1.82, 2.24) is 9.80 Å². The highest BCUT2D eigenvalue weighted by molar-refractivity contribution is 6.31. The van der Waals surface area contributed by atoms with Crippen molar-refractivity contribution in [1.29, 1.82) is 0 Å². The number of Topliss-reactive ketones (excluding diaryl/α,β-unsaturated/α-hetero) is 1. The fourth-order valence-electron chi connectivity index (χ4n) is 17.6. The Morgan fingerprint density at radius 1 is 0.546 bits per heavy atom. The van der Waals surface area contributed by atoms with Crippen molar-refractivity contribution < 1.29 is 117 Å². The molecule has 28 heteroatoms. The lowest BCUT2D eigenvalue weighted by molar-refractivity contribution is -0.347. The van der Waals surface area contributed by atoms with Crippen molar-refractivity contribution in [2.24, 2.45) is 17.0 Å². The number of methoxy groups -OCH3 is 3. The molecule has 1 unspecified atom stereocenters. The Morgan fingerprint density at radius 2 is 1.00 bits per heavy atom. The Balaban J connectivity index is 1.22. The molecule has 4 fully saturated rings. The van der Waals surface area contributed by atoms with Crippen LogP contribution in [0.4, 0.5) is 0 Å². The second kappa shape index (κ2) is 26.2. The van der Waals surface area contributed by atoms with Crippen molar-refractivity contribution in [2.45, 2.75) is 208 Å². The molecule has 0 bridgehead atoms. The number of hydrogen-bond donors (Lipinski definition) is 8. The van der Waals surface area contributed by atoms with Crippen LogP contribution in [0.3, 0.4) is 0 Å². The van der Waals surface area contributed by atoms with Crippen LogP contribution in [0.1, 0.15) is 150 Å². The number of carbonyl (C=O) groups excluding carboxylic acids is 5. The fourth-order valence-corrected chi connectivity index (χ4v) is 17.6. The molecule has 526 valence electrons. The van der Waals surface area contributed by atoms with E-state index in [2.05, 4.69) is 5.11 Å². The number of aliphatic hydroxyl groups is 4. The Hall–Kier alpha value is -6.55. The molecule has 0 amide bonds. The van der Waals surface area contributed by atoms with Crippen LogP contribution in [0.5, 0.6) is 23.0 Å². The van der Waals surface area contributed by atoms with Gasteiger partial charge in [0.15, 0.2) is 54.1 Å². The number of rotatable bonds is 17. The minimum atomic E-state index is -2.49. The third-order valence-corrected chi connectivity index (χ3v) is 21.8. The number of carbonyl (C=O) groups is 5. The maximum atomic E-state index is 17.9. The highest BCUT2D eigenvalue weighted by atomic mass is 16.7. The zero-order valence-corrected chi connectivity index (χ0v) is 56.2. The number of phenolic OH excluding ortho intramolecular Hbond substituents is 4. The first-order valence-corrected chi connectivity index (χ1v) is 32.8.